The van der Waals surface area contributed by atoms with Crippen LogP contribution in [0.5, 0.6) is 0 Å². The molecule has 2 unspecified atom stereocenters. The van der Waals surface area contributed by atoms with Crippen LogP contribution in [0, 0.1) is 0 Å². The third-order valence-corrected chi connectivity index (χ3v) is 15.5. The molecule has 324 valence electrons. The average molecular weight is 915 g/mol. The number of anilines is 1. The summed E-state index contributed by atoms with van der Waals surface area (Å²) >= 11 is 14.3. The predicted octanol–water partition coefficient (Wildman–Crippen LogP) is 12.6. The van der Waals surface area contributed by atoms with Crippen LogP contribution in [0.15, 0.2) is 144 Å². The summed E-state index contributed by atoms with van der Waals surface area (Å²) in [4.78, 5) is 2.40. The highest BCUT2D eigenvalue weighted by molar-refractivity contribution is 7.94. The molecule has 0 radical (unpaired) electrons. The molecule has 3 heterocycles. The first-order valence-electron chi connectivity index (χ1n) is 21.1. The van der Waals surface area contributed by atoms with Crippen LogP contribution in [0.25, 0.3) is 0 Å². The molecule has 3 aliphatic heterocycles. The van der Waals surface area contributed by atoms with E-state index >= 15 is 0 Å². The Morgan fingerprint density at radius 3 is 2.06 bits per heavy atom. The van der Waals surface area contributed by atoms with Crippen molar-refractivity contribution >= 4 is 73.8 Å². The van der Waals surface area contributed by atoms with Crippen molar-refractivity contribution in [2.75, 3.05) is 23.7 Å². The van der Waals surface area contributed by atoms with E-state index in [9.17, 15) is 13.0 Å². The van der Waals surface area contributed by atoms with E-state index in [2.05, 4.69) is 132 Å². The van der Waals surface area contributed by atoms with Gasteiger partial charge in [-0.15, -0.1) is 4.33 Å². The van der Waals surface area contributed by atoms with Gasteiger partial charge in [-0.2, -0.15) is 13.0 Å². The fraction of sp³-hybridized carbons (Fsp3) is 0.327. The molecule has 9 nitrogen and oxygen atoms in total. The van der Waals surface area contributed by atoms with E-state index in [0.29, 0.717) is 35.2 Å². The van der Waals surface area contributed by atoms with Gasteiger partial charge in [0.15, 0.2) is 0 Å². The summed E-state index contributed by atoms with van der Waals surface area (Å²) in [6, 6.07) is 32.7. The molecule has 13 heteroatoms. The lowest BCUT2D eigenvalue weighted by atomic mass is 9.83. The first kappa shape index (κ1) is 44.6. The Labute approximate surface area is 379 Å². The highest BCUT2D eigenvalue weighted by Gasteiger charge is 2.62. The highest BCUT2D eigenvalue weighted by atomic mass is 35.5. The van der Waals surface area contributed by atoms with E-state index < -0.39 is 20.9 Å². The lowest BCUT2D eigenvalue weighted by molar-refractivity contribution is -0.432. The molecular formula is C49H53Cl2N3O6S2+2. The average Bonchev–Trinajstić information content (AvgIpc) is 3.96. The van der Waals surface area contributed by atoms with Gasteiger partial charge in [0.2, 0.25) is 22.5 Å². The molecule has 2 N–H and O–H groups in total. The number of unbranched alkanes of at least 4 members (excludes halogenated alkanes) is 1. The molecule has 4 aromatic carbocycles. The fourth-order valence-electron chi connectivity index (χ4n) is 10.4. The molecule has 62 heavy (non-hydrogen) atoms. The number of para-hydroxylation sites is 2. The van der Waals surface area contributed by atoms with Crippen molar-refractivity contribution in [1.29, 1.82) is 0 Å². The minimum absolute atomic E-state index is 0.0593. The normalized spacial score (nSPS) is 24.0. The van der Waals surface area contributed by atoms with Gasteiger partial charge in [-0.1, -0.05) is 84.6 Å². The second-order valence-corrected chi connectivity index (χ2v) is 20.7. The molecule has 1 spiro atoms. The fourth-order valence-corrected chi connectivity index (χ4v) is 12.4. The number of halogens is 2. The Bertz CT molecular complexity index is 2580. The van der Waals surface area contributed by atoms with Crippen LogP contribution in [0.2, 0.25) is 10.0 Å². The zero-order valence-electron chi connectivity index (χ0n) is 35.4. The Morgan fingerprint density at radius 2 is 1.44 bits per heavy atom. The van der Waals surface area contributed by atoms with Crippen molar-refractivity contribution in [2.24, 2.45) is 0 Å². The molecule has 0 amide bonds. The van der Waals surface area contributed by atoms with Crippen molar-refractivity contribution in [3.8, 4) is 0 Å². The summed E-state index contributed by atoms with van der Waals surface area (Å²) in [6.07, 6.45) is 13.2. The van der Waals surface area contributed by atoms with Crippen molar-refractivity contribution in [1.82, 2.24) is 9.06 Å². The van der Waals surface area contributed by atoms with Gasteiger partial charge in [-0.25, -0.2) is 9.74 Å². The lowest BCUT2D eigenvalue weighted by Crippen LogP contribution is -2.55. The van der Waals surface area contributed by atoms with Crippen molar-refractivity contribution in [3.63, 3.8) is 0 Å². The topological polar surface area (TPSA) is 99.3 Å². The first-order valence-corrected chi connectivity index (χ1v) is 24.3. The number of hydrogen-bond acceptors (Lipinski definition) is 7. The van der Waals surface area contributed by atoms with E-state index in [0.717, 1.165) is 95.3 Å². The minimum atomic E-state index is -4.42. The summed E-state index contributed by atoms with van der Waals surface area (Å²) in [5.41, 5.74) is 10.7. The highest BCUT2D eigenvalue weighted by Crippen LogP contribution is 2.58. The molecule has 1 saturated carbocycles. The molecule has 2 fully saturated rings. The van der Waals surface area contributed by atoms with Gasteiger partial charge in [0.1, 0.15) is 11.4 Å². The van der Waals surface area contributed by atoms with Crippen LogP contribution in [-0.2, 0) is 30.3 Å². The van der Waals surface area contributed by atoms with E-state index in [1.807, 2.05) is 36.4 Å². The molecular weight excluding hydrogens is 862 g/mol. The quantitative estimate of drug-likeness (QED) is 0.0276. The summed E-state index contributed by atoms with van der Waals surface area (Å²) in [5, 5.41) is 12.6. The number of rotatable bonds is 12. The largest absolute Gasteiger partial charge is 0.344 e. The maximum atomic E-state index is 13.3. The summed E-state index contributed by atoms with van der Waals surface area (Å²) in [7, 11) is -4.42. The zero-order chi connectivity index (χ0) is 43.9. The Kier molecular flexibility index (Phi) is 12.9. The number of nitrogens with zero attached hydrogens (tertiary/aromatic N) is 3. The molecule has 0 bridgehead atoms. The van der Waals surface area contributed by atoms with Crippen molar-refractivity contribution < 1.29 is 27.6 Å². The van der Waals surface area contributed by atoms with E-state index in [1.165, 1.54) is 11.1 Å². The van der Waals surface area contributed by atoms with Crippen LogP contribution in [0.3, 0.4) is 0 Å². The van der Waals surface area contributed by atoms with Gasteiger partial charge < -0.3 is 4.90 Å². The van der Waals surface area contributed by atoms with Gasteiger partial charge >= 0.3 is 10.1 Å². The predicted molar refractivity (Wildman–Crippen MR) is 255 cm³/mol. The van der Waals surface area contributed by atoms with Gasteiger partial charge in [-0.05, 0) is 93.7 Å². The van der Waals surface area contributed by atoms with Crippen LogP contribution in [-0.4, -0.2) is 48.2 Å². The molecule has 2 atom stereocenters. The second kappa shape index (κ2) is 17.9. The molecule has 4 aromatic rings. The third kappa shape index (κ3) is 8.17. The van der Waals surface area contributed by atoms with Crippen molar-refractivity contribution in [3.05, 3.63) is 165 Å². The van der Waals surface area contributed by atoms with Crippen LogP contribution in [0.1, 0.15) is 77.3 Å². The number of hydrogen-bond donors (Lipinski definition) is 2. The molecule has 4 aliphatic rings. The van der Waals surface area contributed by atoms with E-state index in [1.54, 1.807) is 0 Å². The molecule has 0 aromatic heterocycles. The zero-order valence-corrected chi connectivity index (χ0v) is 38.6. The molecule has 8 rings (SSSR count). The van der Waals surface area contributed by atoms with E-state index in [4.69, 9.17) is 28.5 Å². The second-order valence-electron chi connectivity index (χ2n) is 17.4. The summed E-state index contributed by atoms with van der Waals surface area (Å²) in [5.74, 6) is 0.667. The molecule has 1 aliphatic carbocycles. The standard InChI is InChI=1S/C49H51Cl2N3O6S2/c1-48(2)40-32-36(50)23-25-42(40)52(29-11-12-31-61-60-59-55)44(48)27-21-34-19-20-35(47(34)53(38-14-7-5-8-15-38)39-16-9-6-10-17-39)22-28-45-49(3,4)41-33-37(51)24-26-43(41)54(45)30-13-18-46(54)62(56,57)58/h5-10,14-17,21-28,32-33,46H,11-13,18-20,29-31H2,1-4H3/p+2/b35-22+,45-28+. The Hall–Kier alpha value is -4.01. The number of fused-ring (bicyclic) bond motifs is 3. The van der Waals surface area contributed by atoms with Crippen LogP contribution < -0.4 is 14.0 Å². The van der Waals surface area contributed by atoms with Gasteiger partial charge in [0.05, 0.1) is 12.0 Å². The number of benzene rings is 4. The van der Waals surface area contributed by atoms with Gasteiger partial charge in [0.25, 0.3) is 0 Å². The lowest BCUT2D eigenvalue weighted by Gasteiger charge is -2.37. The van der Waals surface area contributed by atoms with Gasteiger partial charge in [-0.3, -0.25) is 4.55 Å². The number of allylic oxidation sites excluding steroid dienone is 8. The van der Waals surface area contributed by atoms with Crippen LogP contribution >= 0.6 is 35.2 Å². The molecule has 1 saturated heterocycles. The maximum Gasteiger partial charge on any atom is 0.320 e. The Morgan fingerprint density at radius 1 is 0.823 bits per heavy atom. The van der Waals surface area contributed by atoms with Crippen LogP contribution in [0.4, 0.5) is 22.7 Å². The minimum Gasteiger partial charge on any atom is -0.344 e. The van der Waals surface area contributed by atoms with Crippen molar-refractivity contribution in [2.45, 2.75) is 82.4 Å². The third-order valence-electron chi connectivity index (χ3n) is 13.1. The monoisotopic (exact) mass is 913 g/mol. The first-order chi connectivity index (χ1) is 29.7. The smallest absolute Gasteiger partial charge is 0.320 e. The van der Waals surface area contributed by atoms with Gasteiger partial charge in [0, 0.05) is 111 Å². The summed E-state index contributed by atoms with van der Waals surface area (Å²) < 4.78 is 44.3. The Balaban J connectivity index is 1.31. The summed E-state index contributed by atoms with van der Waals surface area (Å²) in [6.45, 7) is 10.1. The number of quaternary nitrogens is 1. The SMILES string of the molecule is CC1(C)/C(=C\C=C2/CC/C(=C\C=C3/C(C)(C)c4cc(Cl)ccc4[N+]34CCCC4S(=O)(=O)O)C2=[N+](c2ccccc2)c2ccccc2)N(CCCCSOOO)c2ccc(Cl)cc21. The maximum absolute atomic E-state index is 13.3. The van der Waals surface area contributed by atoms with E-state index in [-0.39, 0.29) is 9.90 Å².